The molecule has 0 rings (SSSR count). The first-order valence-electron chi connectivity index (χ1n) is 25.4. The number of carbonyl (C=O) groups is 3. The Bertz CT molecular complexity index is 1590. The van der Waals surface area contributed by atoms with E-state index in [1.807, 2.05) is 0 Å². The predicted molar refractivity (Wildman–Crippen MR) is 281 cm³/mol. The molecule has 8 heteroatoms. The zero-order valence-electron chi connectivity index (χ0n) is 42.5. The molecule has 0 spiro atoms. The number of aliphatic carboxylic acids is 1. The fourth-order valence-electron chi connectivity index (χ4n) is 6.37. The van der Waals surface area contributed by atoms with Gasteiger partial charge < -0.3 is 28.6 Å². The smallest absolute Gasteiger partial charge is 0.306 e. The van der Waals surface area contributed by atoms with E-state index in [0.29, 0.717) is 6.42 Å². The lowest BCUT2D eigenvalue weighted by Crippen LogP contribution is -2.55. The van der Waals surface area contributed by atoms with Crippen molar-refractivity contribution in [1.29, 1.82) is 0 Å². The minimum atomic E-state index is -1.14. The molecule has 2 unspecified atom stereocenters. The summed E-state index contributed by atoms with van der Waals surface area (Å²) in [7, 11) is 5.37. The van der Waals surface area contributed by atoms with E-state index in [1.165, 1.54) is 0 Å². The minimum Gasteiger partial charge on any atom is -0.544 e. The molecule has 0 aromatic rings. The summed E-state index contributed by atoms with van der Waals surface area (Å²) in [5, 5.41) is 11.7. The van der Waals surface area contributed by atoms with E-state index in [9.17, 15) is 19.5 Å². The predicted octanol–water partition coefficient (Wildman–Crippen LogP) is 13.6. The molecule has 0 heterocycles. The zero-order chi connectivity index (χ0) is 49.2. The van der Waals surface area contributed by atoms with E-state index in [2.05, 4.69) is 160 Å². The van der Waals surface area contributed by atoms with Crippen LogP contribution in [0.4, 0.5) is 0 Å². The van der Waals surface area contributed by atoms with Crippen LogP contribution in [0.3, 0.4) is 0 Å². The number of unbranched alkanes of at least 4 members (excludes halogenated alkanes) is 5. The van der Waals surface area contributed by atoms with Crippen molar-refractivity contribution in [3.63, 3.8) is 0 Å². The minimum absolute atomic E-state index is 0.000422. The average Bonchev–Trinajstić information content (AvgIpc) is 3.29. The second-order valence-corrected chi connectivity index (χ2v) is 17.3. The molecule has 0 radical (unpaired) electrons. The lowest BCUT2D eigenvalue weighted by molar-refractivity contribution is -0.889. The second kappa shape index (κ2) is 47.7. The molecule has 0 aliphatic rings. The maximum atomic E-state index is 12.8. The topological polar surface area (TPSA) is 102 Å². The third-order valence-electron chi connectivity index (χ3n) is 10.2. The van der Waals surface area contributed by atoms with Crippen LogP contribution in [0.5, 0.6) is 0 Å². The van der Waals surface area contributed by atoms with Crippen LogP contribution in [-0.4, -0.2) is 75.5 Å². The van der Waals surface area contributed by atoms with Gasteiger partial charge in [0.15, 0.2) is 6.10 Å². The fourth-order valence-corrected chi connectivity index (χ4v) is 6.37. The number of hydrogen-bond acceptors (Lipinski definition) is 7. The van der Waals surface area contributed by atoms with Crippen molar-refractivity contribution in [2.45, 2.75) is 167 Å². The van der Waals surface area contributed by atoms with Crippen molar-refractivity contribution in [2.75, 3.05) is 41.0 Å². The number of ether oxygens (including phenoxy) is 3. The number of nitrogens with zero attached hydrogens (tertiary/aromatic N) is 1. The zero-order valence-corrected chi connectivity index (χ0v) is 42.5. The number of hydrogen-bond donors (Lipinski definition) is 0. The molecule has 374 valence electrons. The largest absolute Gasteiger partial charge is 0.544 e. The van der Waals surface area contributed by atoms with Gasteiger partial charge in [0.25, 0.3) is 0 Å². The highest BCUT2D eigenvalue weighted by Crippen LogP contribution is 2.11. The Morgan fingerprint density at radius 2 is 0.791 bits per heavy atom. The van der Waals surface area contributed by atoms with Crippen molar-refractivity contribution < 1.29 is 38.2 Å². The van der Waals surface area contributed by atoms with Crippen molar-refractivity contribution in [2.24, 2.45) is 0 Å². The molecule has 0 aromatic carbocycles. The SMILES string of the molecule is CC/C=C/C/C=C/C/C=C/C/C=C/C/C=C/C/C=C/CCCCCC(=O)OCC(COCCC(C(=O)[O-])[N+](C)(C)C)OC(=O)CCCC/C=C/C/C=C/C/C=C/C/C=C/C/C=C/C/C=C/CC. The summed E-state index contributed by atoms with van der Waals surface area (Å²) >= 11 is 0. The summed E-state index contributed by atoms with van der Waals surface area (Å²) in [5.74, 6) is -1.86. The maximum Gasteiger partial charge on any atom is 0.306 e. The summed E-state index contributed by atoms with van der Waals surface area (Å²) in [6.07, 6.45) is 70.2. The van der Waals surface area contributed by atoms with Crippen LogP contribution < -0.4 is 5.11 Å². The molecular formula is C59H91NO7. The summed E-state index contributed by atoms with van der Waals surface area (Å²) in [6, 6.07) is -0.751. The van der Waals surface area contributed by atoms with Gasteiger partial charge in [-0.2, -0.15) is 0 Å². The molecule has 67 heavy (non-hydrogen) atoms. The second-order valence-electron chi connectivity index (χ2n) is 17.3. The molecule has 8 nitrogen and oxygen atoms in total. The van der Waals surface area contributed by atoms with E-state index in [-0.39, 0.29) is 55.5 Å². The number of carbonyl (C=O) groups excluding carboxylic acids is 3. The Hall–Kier alpha value is -4.79. The number of allylic oxidation sites excluding steroid dienone is 24. The molecule has 0 saturated carbocycles. The van der Waals surface area contributed by atoms with Crippen LogP contribution >= 0.6 is 0 Å². The fraction of sp³-hybridized carbons (Fsp3) is 0.542. The van der Waals surface area contributed by atoms with E-state index in [4.69, 9.17) is 14.2 Å². The summed E-state index contributed by atoms with van der Waals surface area (Å²) in [4.78, 5) is 37.0. The Labute approximate surface area is 408 Å². The van der Waals surface area contributed by atoms with Crippen molar-refractivity contribution in [3.8, 4) is 0 Å². The Morgan fingerprint density at radius 3 is 1.16 bits per heavy atom. The van der Waals surface area contributed by atoms with E-state index < -0.39 is 18.1 Å². The third-order valence-corrected chi connectivity index (χ3v) is 10.2. The van der Waals surface area contributed by atoms with Gasteiger partial charge in [0.2, 0.25) is 0 Å². The van der Waals surface area contributed by atoms with Gasteiger partial charge in [0, 0.05) is 19.3 Å². The maximum absolute atomic E-state index is 12.8. The normalized spacial score (nSPS) is 14.1. The van der Waals surface area contributed by atoms with Crippen molar-refractivity contribution in [3.05, 3.63) is 146 Å². The number of carboxylic acid groups (broad SMARTS) is 1. The van der Waals surface area contributed by atoms with Gasteiger partial charge in [-0.1, -0.05) is 166 Å². The van der Waals surface area contributed by atoms with E-state index >= 15 is 0 Å². The first-order valence-corrected chi connectivity index (χ1v) is 25.4. The molecule has 0 fully saturated rings. The van der Waals surface area contributed by atoms with Gasteiger partial charge in [0.05, 0.1) is 40.3 Å². The van der Waals surface area contributed by atoms with Gasteiger partial charge in [-0.25, -0.2) is 0 Å². The molecule has 0 aliphatic heterocycles. The summed E-state index contributed by atoms with van der Waals surface area (Å²) in [6.45, 7) is 4.32. The van der Waals surface area contributed by atoms with Crippen LogP contribution in [-0.2, 0) is 28.6 Å². The lowest BCUT2D eigenvalue weighted by Gasteiger charge is -2.34. The Balaban J connectivity index is 4.46. The molecule has 2 atom stereocenters. The number of likely N-dealkylation sites (N-methyl/N-ethyl adjacent to an activating group) is 1. The van der Waals surface area contributed by atoms with Crippen molar-refractivity contribution in [1.82, 2.24) is 0 Å². The van der Waals surface area contributed by atoms with Crippen LogP contribution in [0, 0.1) is 0 Å². The van der Waals surface area contributed by atoms with E-state index in [0.717, 1.165) is 116 Å². The van der Waals surface area contributed by atoms with Crippen molar-refractivity contribution >= 4 is 17.9 Å². The molecule has 0 amide bonds. The van der Waals surface area contributed by atoms with Gasteiger partial charge in [-0.3, -0.25) is 9.59 Å². The molecule has 0 saturated heterocycles. The first-order chi connectivity index (χ1) is 32.6. The number of rotatable bonds is 43. The van der Waals surface area contributed by atoms with Crippen LogP contribution in [0.2, 0.25) is 0 Å². The number of quaternary nitrogens is 1. The van der Waals surface area contributed by atoms with Gasteiger partial charge in [0.1, 0.15) is 12.6 Å². The average molecular weight is 926 g/mol. The molecule has 0 bridgehead atoms. The van der Waals surface area contributed by atoms with Crippen LogP contribution in [0.15, 0.2) is 146 Å². The molecular weight excluding hydrogens is 835 g/mol. The highest BCUT2D eigenvalue weighted by molar-refractivity contribution is 5.70. The Kier molecular flexibility index (Phi) is 44.3. The number of esters is 2. The lowest BCUT2D eigenvalue weighted by atomic mass is 10.1. The van der Waals surface area contributed by atoms with Gasteiger partial charge in [-0.05, 0) is 116 Å². The first kappa shape index (κ1) is 62.2. The Morgan fingerprint density at radius 1 is 0.448 bits per heavy atom. The van der Waals surface area contributed by atoms with Crippen LogP contribution in [0.25, 0.3) is 0 Å². The quantitative estimate of drug-likeness (QED) is 0.0260. The highest BCUT2D eigenvalue weighted by Gasteiger charge is 2.25. The molecule has 0 aliphatic carbocycles. The third kappa shape index (κ3) is 46.1. The summed E-state index contributed by atoms with van der Waals surface area (Å²) in [5.41, 5.74) is 0. The van der Waals surface area contributed by atoms with Gasteiger partial charge >= 0.3 is 11.9 Å². The summed E-state index contributed by atoms with van der Waals surface area (Å²) < 4.78 is 17.1. The monoisotopic (exact) mass is 926 g/mol. The van der Waals surface area contributed by atoms with E-state index in [1.54, 1.807) is 21.1 Å². The van der Waals surface area contributed by atoms with Crippen LogP contribution in [0.1, 0.15) is 155 Å². The highest BCUT2D eigenvalue weighted by atomic mass is 16.6. The molecule has 0 aromatic heterocycles. The van der Waals surface area contributed by atoms with Gasteiger partial charge in [-0.15, -0.1) is 0 Å². The molecule has 0 N–H and O–H groups in total. The standard InChI is InChI=1S/C59H91NO7/c1-6-8-10-12-14-16-18-20-22-24-26-28-30-31-33-35-37-39-41-43-45-47-49-57(61)66-54-55(53-65-52-51-56(59(63)64)60(3,4)5)67-58(62)50-48-46-44-42-40-38-36-34-32-29-27-25-23-21-19-17-15-13-11-9-7-2/h8-11,14-17,20-23,26-29,31,33-34,36-37,39-40,42,55-56H,6-7,12-13,18-19,24-25,30,32,35,38,41,43-54H2,1-5H3/b10-8+,11-9+,16-14+,17-15+,22-20+,23-21+,28-26+,29-27+,33-31+,36-34+,39-37+,42-40+. The number of carboxylic acids is 1.